The molecule has 2 heteroatoms. The van der Waals surface area contributed by atoms with Gasteiger partial charge in [0.15, 0.2) is 0 Å². The summed E-state index contributed by atoms with van der Waals surface area (Å²) >= 11 is 0. The van der Waals surface area contributed by atoms with Crippen LogP contribution in [0.5, 0.6) is 0 Å². The van der Waals surface area contributed by atoms with Gasteiger partial charge in [-0.05, 0) is 44.4 Å². The topological polar surface area (TPSA) is 0 Å². The fourth-order valence-electron chi connectivity index (χ4n) is 2.10. The van der Waals surface area contributed by atoms with E-state index in [9.17, 15) is 8.78 Å². The summed E-state index contributed by atoms with van der Waals surface area (Å²) in [5.41, 5.74) is 2.84. The lowest BCUT2D eigenvalue weighted by Crippen LogP contribution is -1.92. The smallest absolute Gasteiger partial charge is 0.131 e. The van der Waals surface area contributed by atoms with Gasteiger partial charge in [0.25, 0.3) is 0 Å². The second kappa shape index (κ2) is 6.47. The van der Waals surface area contributed by atoms with E-state index in [-0.39, 0.29) is 5.82 Å². The van der Waals surface area contributed by atoms with Gasteiger partial charge in [-0.1, -0.05) is 42.0 Å². The monoisotopic (exact) mass is 272 g/mol. The summed E-state index contributed by atoms with van der Waals surface area (Å²) in [4.78, 5) is 0. The highest BCUT2D eigenvalue weighted by molar-refractivity contribution is 5.65. The van der Waals surface area contributed by atoms with Crippen LogP contribution in [0.3, 0.4) is 0 Å². The van der Waals surface area contributed by atoms with Gasteiger partial charge in [0.05, 0.1) is 0 Å². The fraction of sp³-hybridized carbons (Fsp3) is 0.222. The normalized spacial score (nSPS) is 11.7. The molecule has 0 aliphatic carbocycles. The van der Waals surface area contributed by atoms with Gasteiger partial charge in [0.1, 0.15) is 11.6 Å². The zero-order chi connectivity index (χ0) is 14.5. The molecule has 0 aliphatic heterocycles. The maximum absolute atomic E-state index is 14.1. The van der Waals surface area contributed by atoms with Crippen LogP contribution in [0.15, 0.2) is 54.1 Å². The van der Waals surface area contributed by atoms with Gasteiger partial charge < -0.3 is 0 Å². The third-order valence-electron chi connectivity index (χ3n) is 3.50. The minimum absolute atomic E-state index is 0.307. The summed E-state index contributed by atoms with van der Waals surface area (Å²) in [5, 5.41) is 0. The molecule has 0 unspecified atom stereocenters. The third kappa shape index (κ3) is 3.32. The molecule has 0 aliphatic rings. The maximum Gasteiger partial charge on any atom is 0.131 e. The molecule has 0 N–H and O–H groups in total. The Balaban J connectivity index is 2.25. The van der Waals surface area contributed by atoms with Crippen LogP contribution in [0.25, 0.3) is 11.1 Å². The van der Waals surface area contributed by atoms with Crippen LogP contribution in [0.2, 0.25) is 0 Å². The molecule has 0 heterocycles. The van der Waals surface area contributed by atoms with Crippen molar-refractivity contribution in [2.45, 2.75) is 26.7 Å². The first-order valence-electron chi connectivity index (χ1n) is 6.77. The van der Waals surface area contributed by atoms with Crippen LogP contribution in [-0.2, 0) is 6.42 Å². The zero-order valence-electron chi connectivity index (χ0n) is 11.8. The van der Waals surface area contributed by atoms with Crippen LogP contribution in [-0.4, -0.2) is 0 Å². The molecular weight excluding hydrogens is 254 g/mol. The van der Waals surface area contributed by atoms with Crippen molar-refractivity contribution in [2.75, 3.05) is 0 Å². The van der Waals surface area contributed by atoms with Gasteiger partial charge in [-0.25, -0.2) is 8.78 Å². The Labute approximate surface area is 118 Å². The molecule has 104 valence electrons. The molecule has 0 saturated carbocycles. The third-order valence-corrected chi connectivity index (χ3v) is 3.50. The van der Waals surface area contributed by atoms with Gasteiger partial charge in [-0.3, -0.25) is 0 Å². The van der Waals surface area contributed by atoms with Crippen molar-refractivity contribution in [1.82, 2.24) is 0 Å². The van der Waals surface area contributed by atoms with Crippen LogP contribution >= 0.6 is 0 Å². The van der Waals surface area contributed by atoms with Crippen LogP contribution in [0.1, 0.15) is 25.8 Å². The minimum Gasteiger partial charge on any atom is -0.206 e. The highest BCUT2D eigenvalue weighted by Gasteiger charge is 2.10. The average molecular weight is 272 g/mol. The first-order chi connectivity index (χ1) is 9.61. The summed E-state index contributed by atoms with van der Waals surface area (Å²) in [6.07, 6.45) is 3.77. The van der Waals surface area contributed by atoms with E-state index in [4.69, 9.17) is 0 Å². The van der Waals surface area contributed by atoms with Gasteiger partial charge in [-0.15, -0.1) is 0 Å². The molecule has 0 radical (unpaired) electrons. The number of rotatable bonds is 4. The Kier molecular flexibility index (Phi) is 4.67. The number of halogens is 2. The number of hydrogen-bond donors (Lipinski definition) is 0. The molecular formula is C18H18F2. The maximum atomic E-state index is 14.1. The van der Waals surface area contributed by atoms with Crippen LogP contribution in [0.4, 0.5) is 8.78 Å². The van der Waals surface area contributed by atoms with Gasteiger partial charge in [0, 0.05) is 11.1 Å². The van der Waals surface area contributed by atoms with Crippen molar-refractivity contribution < 1.29 is 8.78 Å². The average Bonchev–Trinajstić information content (AvgIpc) is 2.46. The Morgan fingerprint density at radius 3 is 2.35 bits per heavy atom. The lowest BCUT2D eigenvalue weighted by atomic mass is 9.99. The van der Waals surface area contributed by atoms with Gasteiger partial charge in [0.2, 0.25) is 0 Å². The Morgan fingerprint density at radius 1 is 1.00 bits per heavy atom. The Morgan fingerprint density at radius 2 is 1.70 bits per heavy atom. The fourth-order valence-corrected chi connectivity index (χ4v) is 2.10. The molecule has 0 amide bonds. The summed E-state index contributed by atoms with van der Waals surface area (Å²) in [6.45, 7) is 4.06. The van der Waals surface area contributed by atoms with Crippen molar-refractivity contribution in [3.05, 3.63) is 71.3 Å². The van der Waals surface area contributed by atoms with Crippen LogP contribution < -0.4 is 0 Å². The Bertz CT molecular complexity index is 627. The molecule has 0 bridgehead atoms. The molecule has 20 heavy (non-hydrogen) atoms. The van der Waals surface area contributed by atoms with Gasteiger partial charge in [-0.2, -0.15) is 0 Å². The second-order valence-electron chi connectivity index (χ2n) is 4.93. The molecule has 0 saturated heterocycles. The van der Waals surface area contributed by atoms with E-state index in [0.717, 1.165) is 18.4 Å². The van der Waals surface area contributed by atoms with Gasteiger partial charge >= 0.3 is 0 Å². The molecule has 0 nitrogen and oxygen atoms in total. The summed E-state index contributed by atoms with van der Waals surface area (Å²) in [5.74, 6) is -0.769. The van der Waals surface area contributed by atoms with E-state index in [1.165, 1.54) is 17.7 Å². The molecule has 0 spiro atoms. The van der Waals surface area contributed by atoms with Crippen molar-refractivity contribution >= 4 is 0 Å². The van der Waals surface area contributed by atoms with E-state index in [1.807, 2.05) is 13.0 Å². The molecule has 2 aromatic carbocycles. The summed E-state index contributed by atoms with van der Waals surface area (Å²) in [7, 11) is 0. The lowest BCUT2D eigenvalue weighted by molar-refractivity contribution is 0.615. The largest absolute Gasteiger partial charge is 0.206 e. The zero-order valence-corrected chi connectivity index (χ0v) is 11.8. The first kappa shape index (κ1) is 14.4. The van der Waals surface area contributed by atoms with Crippen LogP contribution in [0, 0.1) is 11.6 Å². The predicted molar refractivity (Wildman–Crippen MR) is 79.5 cm³/mol. The molecule has 2 rings (SSSR count). The van der Waals surface area contributed by atoms with Crippen molar-refractivity contribution in [3.8, 4) is 11.1 Å². The van der Waals surface area contributed by atoms with E-state index in [2.05, 4.69) is 13.0 Å². The van der Waals surface area contributed by atoms with Crippen molar-refractivity contribution in [2.24, 2.45) is 0 Å². The molecule has 0 aromatic heterocycles. The molecule has 0 fully saturated rings. The second-order valence-corrected chi connectivity index (χ2v) is 4.93. The number of benzene rings is 2. The summed E-state index contributed by atoms with van der Waals surface area (Å²) in [6, 6.07) is 11.3. The van der Waals surface area contributed by atoms with E-state index >= 15 is 0 Å². The van der Waals surface area contributed by atoms with Crippen molar-refractivity contribution in [1.29, 1.82) is 0 Å². The lowest BCUT2D eigenvalue weighted by Gasteiger charge is -2.08. The highest BCUT2D eigenvalue weighted by atomic mass is 19.1. The van der Waals surface area contributed by atoms with E-state index in [0.29, 0.717) is 11.1 Å². The number of hydrogen-bond acceptors (Lipinski definition) is 0. The SMILES string of the molecule is C/C=C(/C)CCc1ccc(-c2ccccc2F)c(F)c1. The number of aryl methyl sites for hydroxylation is 1. The standard InChI is InChI=1S/C18H18F2/c1-3-13(2)8-9-14-10-11-16(18(20)12-14)15-6-4-5-7-17(15)19/h3-7,10-12H,8-9H2,1-2H3/b13-3-. The number of allylic oxidation sites excluding steroid dienone is 2. The molecule has 0 atom stereocenters. The quantitative estimate of drug-likeness (QED) is 0.642. The summed E-state index contributed by atoms with van der Waals surface area (Å²) < 4.78 is 27.8. The Hall–Kier alpha value is -1.96. The van der Waals surface area contributed by atoms with Crippen molar-refractivity contribution in [3.63, 3.8) is 0 Å². The first-order valence-corrected chi connectivity index (χ1v) is 6.77. The predicted octanol–water partition coefficient (Wildman–Crippen LogP) is 5.53. The minimum atomic E-state index is -0.399. The highest BCUT2D eigenvalue weighted by Crippen LogP contribution is 2.26. The van der Waals surface area contributed by atoms with E-state index < -0.39 is 5.82 Å². The van der Waals surface area contributed by atoms with E-state index in [1.54, 1.807) is 24.3 Å². The molecule has 2 aromatic rings.